The molecule has 1 aromatic heterocycles. The molecule has 0 aromatic carbocycles. The largest absolute Gasteiger partial charge is 0.381 e. The highest BCUT2D eigenvalue weighted by atomic mass is 19.1. The van der Waals surface area contributed by atoms with Gasteiger partial charge in [0.2, 0.25) is 0 Å². The third-order valence-electron chi connectivity index (χ3n) is 2.63. The highest BCUT2D eigenvalue weighted by molar-refractivity contribution is 5.95. The lowest BCUT2D eigenvalue weighted by Crippen LogP contribution is -2.34. The summed E-state index contributed by atoms with van der Waals surface area (Å²) in [5, 5.41) is 2.79. The molecule has 0 aliphatic rings. The SMILES string of the molecule is CCCC(CC)NC(=O)c1ccnc(N)c1F. The summed E-state index contributed by atoms with van der Waals surface area (Å²) in [6.45, 7) is 4.03. The minimum atomic E-state index is -0.753. The van der Waals surface area contributed by atoms with Crippen molar-refractivity contribution >= 4 is 11.7 Å². The first-order chi connectivity index (χ1) is 8.10. The molecular weight excluding hydrogens is 221 g/mol. The Morgan fingerprint density at radius 1 is 1.59 bits per heavy atom. The van der Waals surface area contributed by atoms with Crippen LogP contribution >= 0.6 is 0 Å². The maximum absolute atomic E-state index is 13.5. The molecule has 0 saturated heterocycles. The van der Waals surface area contributed by atoms with E-state index < -0.39 is 11.7 Å². The van der Waals surface area contributed by atoms with Gasteiger partial charge in [-0.2, -0.15) is 0 Å². The number of carbonyl (C=O) groups is 1. The van der Waals surface area contributed by atoms with E-state index in [2.05, 4.69) is 10.3 Å². The van der Waals surface area contributed by atoms with Gasteiger partial charge in [0.15, 0.2) is 11.6 Å². The third-order valence-corrected chi connectivity index (χ3v) is 2.63. The number of hydrogen-bond donors (Lipinski definition) is 2. The smallest absolute Gasteiger partial charge is 0.254 e. The van der Waals surface area contributed by atoms with Gasteiger partial charge in [-0.05, 0) is 18.9 Å². The fourth-order valence-corrected chi connectivity index (χ4v) is 1.63. The predicted molar refractivity (Wildman–Crippen MR) is 65.1 cm³/mol. The van der Waals surface area contributed by atoms with Crippen molar-refractivity contribution in [3.63, 3.8) is 0 Å². The van der Waals surface area contributed by atoms with Crippen LogP contribution in [0.15, 0.2) is 12.3 Å². The van der Waals surface area contributed by atoms with Crippen LogP contribution in [0.3, 0.4) is 0 Å². The molecule has 4 nitrogen and oxygen atoms in total. The van der Waals surface area contributed by atoms with Crippen LogP contribution in [-0.4, -0.2) is 16.9 Å². The molecule has 1 heterocycles. The van der Waals surface area contributed by atoms with Crippen molar-refractivity contribution in [2.24, 2.45) is 0 Å². The molecule has 5 heteroatoms. The summed E-state index contributed by atoms with van der Waals surface area (Å²) in [5.74, 6) is -1.44. The Balaban J connectivity index is 2.79. The molecule has 1 rings (SSSR count). The van der Waals surface area contributed by atoms with E-state index in [0.29, 0.717) is 0 Å². The van der Waals surface area contributed by atoms with Gasteiger partial charge in [0.25, 0.3) is 5.91 Å². The number of hydrogen-bond acceptors (Lipinski definition) is 3. The van der Waals surface area contributed by atoms with Crippen LogP contribution in [0.4, 0.5) is 10.2 Å². The lowest BCUT2D eigenvalue weighted by Gasteiger charge is -2.16. The summed E-state index contributed by atoms with van der Waals surface area (Å²) in [6.07, 6.45) is 4.00. The lowest BCUT2D eigenvalue weighted by molar-refractivity contribution is 0.0929. The summed E-state index contributed by atoms with van der Waals surface area (Å²) < 4.78 is 13.5. The van der Waals surface area contributed by atoms with Gasteiger partial charge < -0.3 is 11.1 Å². The van der Waals surface area contributed by atoms with E-state index in [1.165, 1.54) is 12.3 Å². The molecule has 0 fully saturated rings. The van der Waals surface area contributed by atoms with Gasteiger partial charge in [-0.3, -0.25) is 4.79 Å². The fraction of sp³-hybridized carbons (Fsp3) is 0.500. The summed E-state index contributed by atoms with van der Waals surface area (Å²) in [6, 6.07) is 1.40. The molecule has 0 radical (unpaired) electrons. The van der Waals surface area contributed by atoms with Crippen molar-refractivity contribution in [1.29, 1.82) is 0 Å². The van der Waals surface area contributed by atoms with Crippen molar-refractivity contribution < 1.29 is 9.18 Å². The number of anilines is 1. The Labute approximate surface area is 100 Å². The van der Waals surface area contributed by atoms with Gasteiger partial charge in [-0.1, -0.05) is 20.3 Å². The van der Waals surface area contributed by atoms with Crippen LogP contribution in [0.2, 0.25) is 0 Å². The van der Waals surface area contributed by atoms with Crippen LogP contribution < -0.4 is 11.1 Å². The van der Waals surface area contributed by atoms with Crippen molar-refractivity contribution in [1.82, 2.24) is 10.3 Å². The van der Waals surface area contributed by atoms with E-state index in [4.69, 9.17) is 5.73 Å². The second-order valence-electron chi connectivity index (χ2n) is 3.93. The first-order valence-corrected chi connectivity index (χ1v) is 5.80. The number of nitrogens with two attached hydrogens (primary N) is 1. The molecular formula is C12H18FN3O. The maximum atomic E-state index is 13.5. The Kier molecular flexibility index (Phi) is 4.87. The molecule has 0 saturated carbocycles. The van der Waals surface area contributed by atoms with Gasteiger partial charge in [-0.15, -0.1) is 0 Å². The second kappa shape index (κ2) is 6.18. The average Bonchev–Trinajstić information content (AvgIpc) is 2.31. The molecule has 17 heavy (non-hydrogen) atoms. The van der Waals surface area contributed by atoms with Crippen molar-refractivity contribution in [2.75, 3.05) is 5.73 Å². The van der Waals surface area contributed by atoms with Crippen LogP contribution in [0, 0.1) is 5.82 Å². The minimum absolute atomic E-state index is 0.0490. The van der Waals surface area contributed by atoms with E-state index in [0.717, 1.165) is 19.3 Å². The molecule has 0 aliphatic heterocycles. The zero-order valence-corrected chi connectivity index (χ0v) is 10.2. The number of halogens is 1. The highest BCUT2D eigenvalue weighted by Crippen LogP contribution is 2.12. The van der Waals surface area contributed by atoms with E-state index in [-0.39, 0.29) is 17.4 Å². The fourth-order valence-electron chi connectivity index (χ4n) is 1.63. The number of nitrogen functional groups attached to an aromatic ring is 1. The zero-order chi connectivity index (χ0) is 12.8. The van der Waals surface area contributed by atoms with Gasteiger partial charge >= 0.3 is 0 Å². The molecule has 0 bridgehead atoms. The monoisotopic (exact) mass is 239 g/mol. The Bertz CT molecular complexity index is 395. The normalized spacial score (nSPS) is 12.2. The van der Waals surface area contributed by atoms with Gasteiger partial charge in [0.1, 0.15) is 0 Å². The second-order valence-corrected chi connectivity index (χ2v) is 3.93. The number of nitrogens with one attached hydrogen (secondary N) is 1. The van der Waals surface area contributed by atoms with E-state index >= 15 is 0 Å². The van der Waals surface area contributed by atoms with Crippen molar-refractivity contribution in [3.8, 4) is 0 Å². The standard InChI is InChI=1S/C12H18FN3O/c1-3-5-8(4-2)16-12(17)9-6-7-15-11(14)10(9)13/h6-8H,3-5H2,1-2H3,(H2,14,15)(H,16,17). The van der Waals surface area contributed by atoms with Gasteiger partial charge in [0, 0.05) is 12.2 Å². The molecule has 1 atom stereocenters. The highest BCUT2D eigenvalue weighted by Gasteiger charge is 2.17. The van der Waals surface area contributed by atoms with Crippen molar-refractivity contribution in [2.45, 2.75) is 39.2 Å². The summed E-state index contributed by atoms with van der Waals surface area (Å²) in [7, 11) is 0. The Morgan fingerprint density at radius 3 is 2.88 bits per heavy atom. The molecule has 0 aliphatic carbocycles. The lowest BCUT2D eigenvalue weighted by atomic mass is 10.1. The van der Waals surface area contributed by atoms with Crippen molar-refractivity contribution in [3.05, 3.63) is 23.6 Å². The van der Waals surface area contributed by atoms with E-state index in [9.17, 15) is 9.18 Å². The number of nitrogens with zero attached hydrogens (tertiary/aromatic N) is 1. The molecule has 1 amide bonds. The first-order valence-electron chi connectivity index (χ1n) is 5.80. The predicted octanol–water partition coefficient (Wildman–Crippen LogP) is 2.11. The quantitative estimate of drug-likeness (QED) is 0.827. The molecule has 3 N–H and O–H groups in total. The zero-order valence-electron chi connectivity index (χ0n) is 10.2. The molecule has 1 unspecified atom stereocenters. The van der Waals surface area contributed by atoms with E-state index in [1.807, 2.05) is 13.8 Å². The Morgan fingerprint density at radius 2 is 2.29 bits per heavy atom. The number of carbonyl (C=O) groups excluding carboxylic acids is 1. The number of aromatic nitrogens is 1. The topological polar surface area (TPSA) is 68.0 Å². The maximum Gasteiger partial charge on any atom is 0.254 e. The van der Waals surface area contributed by atoms with E-state index in [1.54, 1.807) is 0 Å². The first kappa shape index (κ1) is 13.4. The Hall–Kier alpha value is -1.65. The number of amides is 1. The van der Waals surface area contributed by atoms with Crippen LogP contribution in [0.5, 0.6) is 0 Å². The minimum Gasteiger partial charge on any atom is -0.381 e. The van der Waals surface area contributed by atoms with Gasteiger partial charge in [-0.25, -0.2) is 9.37 Å². The van der Waals surface area contributed by atoms with Crippen LogP contribution in [-0.2, 0) is 0 Å². The molecule has 0 spiro atoms. The number of pyridine rings is 1. The van der Waals surface area contributed by atoms with Gasteiger partial charge in [0.05, 0.1) is 5.56 Å². The molecule has 94 valence electrons. The third kappa shape index (κ3) is 3.41. The number of rotatable bonds is 5. The summed E-state index contributed by atoms with van der Waals surface area (Å²) >= 11 is 0. The summed E-state index contributed by atoms with van der Waals surface area (Å²) in [5.41, 5.74) is 5.27. The van der Waals surface area contributed by atoms with Crippen LogP contribution in [0.1, 0.15) is 43.5 Å². The summed E-state index contributed by atoms with van der Waals surface area (Å²) in [4.78, 5) is 15.4. The average molecular weight is 239 g/mol. The van der Waals surface area contributed by atoms with Crippen LogP contribution in [0.25, 0.3) is 0 Å². The molecule has 1 aromatic rings.